The van der Waals surface area contributed by atoms with Crippen LogP contribution in [0.2, 0.25) is 0 Å². The molecule has 5 rings (SSSR count). The maximum atomic E-state index is 13.0. The molecule has 0 radical (unpaired) electrons. The summed E-state index contributed by atoms with van der Waals surface area (Å²) in [6.45, 7) is 5.86. The highest BCUT2D eigenvalue weighted by Crippen LogP contribution is 2.27. The van der Waals surface area contributed by atoms with E-state index in [9.17, 15) is 4.79 Å². The van der Waals surface area contributed by atoms with E-state index in [1.54, 1.807) is 35.3 Å². The Hall–Kier alpha value is -4.27. The van der Waals surface area contributed by atoms with Crippen LogP contribution in [0.5, 0.6) is 0 Å². The molecule has 0 unspecified atom stereocenters. The minimum Gasteiger partial charge on any atom is -0.463 e. The third-order valence-corrected chi connectivity index (χ3v) is 5.15. The molecule has 0 N–H and O–H groups in total. The van der Waals surface area contributed by atoms with Gasteiger partial charge in [-0.15, -0.1) is 0 Å². The first-order chi connectivity index (χ1) is 16.0. The van der Waals surface area contributed by atoms with Crippen molar-refractivity contribution in [1.82, 2.24) is 24.9 Å². The van der Waals surface area contributed by atoms with Gasteiger partial charge in [0.1, 0.15) is 5.69 Å². The normalized spacial score (nSPS) is 11.4. The van der Waals surface area contributed by atoms with Crippen LogP contribution in [0.3, 0.4) is 0 Å². The number of hydrogen-bond donors (Lipinski definition) is 0. The van der Waals surface area contributed by atoms with Crippen LogP contribution >= 0.6 is 0 Å². The van der Waals surface area contributed by atoms with Gasteiger partial charge in [-0.2, -0.15) is 10.1 Å². The lowest BCUT2D eigenvalue weighted by Crippen LogP contribution is -2.09. The second-order valence-corrected chi connectivity index (χ2v) is 7.91. The zero-order valence-corrected chi connectivity index (χ0v) is 18.3. The largest absolute Gasteiger partial charge is 0.463 e. The van der Waals surface area contributed by atoms with Gasteiger partial charge in [0.25, 0.3) is 5.89 Å². The summed E-state index contributed by atoms with van der Waals surface area (Å²) >= 11 is 0. The Balaban J connectivity index is 1.42. The fourth-order valence-electron chi connectivity index (χ4n) is 3.45. The number of esters is 1. The second-order valence-electron chi connectivity index (χ2n) is 7.91. The van der Waals surface area contributed by atoms with Crippen LogP contribution in [0.4, 0.5) is 0 Å². The number of hydrogen-bond acceptors (Lipinski definition) is 8. The zero-order chi connectivity index (χ0) is 22.9. The number of ether oxygens (including phenoxy) is 1. The highest BCUT2D eigenvalue weighted by atomic mass is 16.5. The van der Waals surface area contributed by atoms with Gasteiger partial charge < -0.3 is 13.7 Å². The van der Waals surface area contributed by atoms with Gasteiger partial charge in [-0.25, -0.2) is 14.5 Å². The number of aryl methyl sites for hydroxylation is 1. The zero-order valence-electron chi connectivity index (χ0n) is 18.3. The van der Waals surface area contributed by atoms with Crippen molar-refractivity contribution in [3.8, 4) is 22.9 Å². The monoisotopic (exact) mass is 443 g/mol. The Morgan fingerprint density at radius 3 is 2.70 bits per heavy atom. The van der Waals surface area contributed by atoms with Crippen LogP contribution in [-0.2, 0) is 11.3 Å². The quantitative estimate of drug-likeness (QED) is 0.338. The van der Waals surface area contributed by atoms with E-state index in [-0.39, 0.29) is 18.5 Å². The van der Waals surface area contributed by atoms with Crippen LogP contribution in [0.1, 0.15) is 41.6 Å². The number of carbonyl (C=O) groups excluding carboxylic acids is 1. The Labute approximate surface area is 189 Å². The summed E-state index contributed by atoms with van der Waals surface area (Å²) in [6.07, 6.45) is 3.18. The smallest absolute Gasteiger partial charge is 0.339 e. The summed E-state index contributed by atoms with van der Waals surface area (Å²) in [7, 11) is 0. The number of fused-ring (bicyclic) bond motifs is 1. The summed E-state index contributed by atoms with van der Waals surface area (Å²) in [4.78, 5) is 22.0. The van der Waals surface area contributed by atoms with Crippen LogP contribution in [0, 0.1) is 6.92 Å². The van der Waals surface area contributed by atoms with Gasteiger partial charge in [0.2, 0.25) is 5.82 Å². The molecule has 0 aliphatic rings. The molecular formula is C24H21N5O4. The first kappa shape index (κ1) is 20.6. The molecule has 0 bridgehead atoms. The molecule has 0 fully saturated rings. The fourth-order valence-corrected chi connectivity index (χ4v) is 3.45. The number of rotatable bonds is 6. The average molecular weight is 443 g/mol. The molecule has 0 aliphatic heterocycles. The number of nitrogens with zero attached hydrogens (tertiary/aromatic N) is 5. The third-order valence-electron chi connectivity index (χ3n) is 5.15. The number of aromatic nitrogens is 5. The van der Waals surface area contributed by atoms with Crippen molar-refractivity contribution in [2.24, 2.45) is 0 Å². The Morgan fingerprint density at radius 2 is 1.97 bits per heavy atom. The molecule has 0 amide bonds. The van der Waals surface area contributed by atoms with Gasteiger partial charge in [0.05, 0.1) is 23.4 Å². The first-order valence-corrected chi connectivity index (χ1v) is 10.5. The molecule has 4 heterocycles. The molecule has 9 nitrogen and oxygen atoms in total. The van der Waals surface area contributed by atoms with E-state index in [0.717, 1.165) is 11.1 Å². The van der Waals surface area contributed by atoms with Crippen molar-refractivity contribution in [1.29, 1.82) is 0 Å². The van der Waals surface area contributed by atoms with Crippen molar-refractivity contribution >= 4 is 17.0 Å². The van der Waals surface area contributed by atoms with Gasteiger partial charge >= 0.3 is 5.97 Å². The van der Waals surface area contributed by atoms with Gasteiger partial charge in [-0.05, 0) is 51.1 Å². The molecule has 4 aromatic heterocycles. The summed E-state index contributed by atoms with van der Waals surface area (Å²) in [6, 6.07) is 13.0. The van der Waals surface area contributed by atoms with Crippen LogP contribution < -0.4 is 0 Å². The minimum absolute atomic E-state index is 0.0604. The predicted octanol–water partition coefficient (Wildman–Crippen LogP) is 4.99. The molecule has 33 heavy (non-hydrogen) atoms. The molecule has 0 aliphatic carbocycles. The van der Waals surface area contributed by atoms with Crippen molar-refractivity contribution in [3.05, 3.63) is 71.9 Å². The average Bonchev–Trinajstić information content (AvgIpc) is 3.58. The summed E-state index contributed by atoms with van der Waals surface area (Å²) < 4.78 is 18.1. The number of carbonyl (C=O) groups is 1. The highest BCUT2D eigenvalue weighted by Gasteiger charge is 2.21. The lowest BCUT2D eigenvalue weighted by molar-refractivity contribution is 0.0462. The van der Waals surface area contributed by atoms with E-state index in [1.165, 1.54) is 0 Å². The number of benzene rings is 1. The van der Waals surface area contributed by atoms with Crippen molar-refractivity contribution in [2.45, 2.75) is 33.4 Å². The summed E-state index contributed by atoms with van der Waals surface area (Å²) in [5.74, 6) is 0.641. The predicted molar refractivity (Wildman–Crippen MR) is 119 cm³/mol. The maximum Gasteiger partial charge on any atom is 0.339 e. The summed E-state index contributed by atoms with van der Waals surface area (Å²) in [5.41, 5.74) is 3.35. The molecule has 9 heteroatoms. The van der Waals surface area contributed by atoms with E-state index < -0.39 is 5.97 Å². The van der Waals surface area contributed by atoms with Crippen molar-refractivity contribution in [2.75, 3.05) is 0 Å². The van der Waals surface area contributed by atoms with Crippen molar-refractivity contribution < 1.29 is 18.5 Å². The van der Waals surface area contributed by atoms with Gasteiger partial charge in [-0.3, -0.25) is 0 Å². The van der Waals surface area contributed by atoms with Gasteiger partial charge in [0.15, 0.2) is 18.0 Å². The molecular weight excluding hydrogens is 422 g/mol. The molecule has 0 spiro atoms. The number of pyridine rings is 1. The van der Waals surface area contributed by atoms with Crippen LogP contribution in [-0.4, -0.2) is 30.9 Å². The van der Waals surface area contributed by atoms with Gasteiger partial charge in [0, 0.05) is 11.6 Å². The number of furan rings is 1. The van der Waals surface area contributed by atoms with Gasteiger partial charge in [-0.1, -0.05) is 22.9 Å². The molecule has 166 valence electrons. The molecule has 0 atom stereocenters. The maximum absolute atomic E-state index is 13.0. The van der Waals surface area contributed by atoms with E-state index in [2.05, 4.69) is 20.2 Å². The van der Waals surface area contributed by atoms with Crippen molar-refractivity contribution in [3.63, 3.8) is 0 Å². The van der Waals surface area contributed by atoms with Crippen LogP contribution in [0.25, 0.3) is 33.9 Å². The van der Waals surface area contributed by atoms with E-state index in [1.807, 2.05) is 45.0 Å². The SMILES string of the molecule is Cc1ccc(-c2nc(COC(=O)c3cc(-c4ccco4)nc4c3cnn4C(C)C)no2)cc1. The van der Waals surface area contributed by atoms with E-state index in [4.69, 9.17) is 13.7 Å². The topological polar surface area (TPSA) is 109 Å². The molecule has 0 saturated carbocycles. The Morgan fingerprint density at radius 1 is 1.15 bits per heavy atom. The minimum atomic E-state index is -0.541. The summed E-state index contributed by atoms with van der Waals surface area (Å²) in [5, 5.41) is 8.91. The second kappa shape index (κ2) is 8.34. The lowest BCUT2D eigenvalue weighted by Gasteiger charge is -2.09. The lowest BCUT2D eigenvalue weighted by atomic mass is 10.1. The standard InChI is InChI=1S/C24H21N5O4/c1-14(2)29-22-18(12-25-29)17(11-19(26-22)20-5-4-10-31-20)24(30)32-13-21-27-23(33-28-21)16-8-6-15(3)7-9-16/h4-12,14H,13H2,1-3H3. The van der Waals surface area contributed by atoms with Crippen LogP contribution in [0.15, 0.2) is 63.9 Å². The molecule has 0 saturated heterocycles. The first-order valence-electron chi connectivity index (χ1n) is 10.5. The van der Waals surface area contributed by atoms with E-state index in [0.29, 0.717) is 33.9 Å². The molecule has 1 aromatic carbocycles. The van der Waals surface area contributed by atoms with E-state index >= 15 is 0 Å². The fraction of sp³-hybridized carbons (Fsp3) is 0.208. The Kier molecular flexibility index (Phi) is 5.21. The highest BCUT2D eigenvalue weighted by molar-refractivity contribution is 6.03. The third kappa shape index (κ3) is 4.00. The Bertz CT molecular complexity index is 1420. The molecule has 5 aromatic rings.